The molecule has 1 atom stereocenters. The van der Waals surface area contributed by atoms with Crippen LogP contribution in [-0.2, 0) is 32.6 Å². The number of nitrogens with one attached hydrogen (secondary N) is 1. The molecule has 0 aromatic heterocycles. The fourth-order valence-electron chi connectivity index (χ4n) is 5.17. The molecule has 4 aromatic carbocycles. The highest BCUT2D eigenvalue weighted by atomic mass is 32.2. The van der Waals surface area contributed by atoms with Crippen LogP contribution in [0.2, 0.25) is 0 Å². The minimum Gasteiger partial charge on any atom is -0.493 e. The number of rotatable bonds is 15. The molecular weight excluding hydrogens is 614 g/mol. The molecule has 0 saturated carbocycles. The first kappa shape index (κ1) is 35.0. The lowest BCUT2D eigenvalue weighted by molar-refractivity contribution is -0.140. The van der Waals surface area contributed by atoms with Crippen molar-refractivity contribution in [1.82, 2.24) is 10.2 Å². The van der Waals surface area contributed by atoms with Crippen LogP contribution in [-0.4, -0.2) is 58.5 Å². The van der Waals surface area contributed by atoms with Crippen LogP contribution in [0.1, 0.15) is 30.5 Å². The van der Waals surface area contributed by atoms with E-state index < -0.39 is 28.5 Å². The Labute approximate surface area is 278 Å². The fourth-order valence-corrected chi connectivity index (χ4v) is 6.60. The SMILES string of the molecule is COc1ccc(S(=O)(=O)N(CC(=O)N(Cc2ccccc2C)[C@H](Cc2ccccc2)C(=O)NCC(C)C)c2ccccc2)cc1OC. The second-order valence-electron chi connectivity index (χ2n) is 11.7. The van der Waals surface area contributed by atoms with E-state index in [-0.39, 0.29) is 35.4 Å². The quantitative estimate of drug-likeness (QED) is 0.178. The Morgan fingerprint density at radius 2 is 1.43 bits per heavy atom. The second kappa shape index (κ2) is 16.1. The number of anilines is 1. The molecule has 1 N–H and O–H groups in total. The number of sulfonamides is 1. The zero-order valence-corrected chi connectivity index (χ0v) is 28.4. The Morgan fingerprint density at radius 3 is 2.04 bits per heavy atom. The number of benzene rings is 4. The summed E-state index contributed by atoms with van der Waals surface area (Å²) in [6.45, 7) is 5.94. The van der Waals surface area contributed by atoms with Crippen molar-refractivity contribution in [1.29, 1.82) is 0 Å². The summed E-state index contributed by atoms with van der Waals surface area (Å²) >= 11 is 0. The molecule has 0 spiro atoms. The zero-order valence-electron chi connectivity index (χ0n) is 27.6. The van der Waals surface area contributed by atoms with Crippen LogP contribution in [0.15, 0.2) is 108 Å². The molecule has 2 amide bonds. The van der Waals surface area contributed by atoms with Gasteiger partial charge in [-0.15, -0.1) is 0 Å². The number of nitrogens with zero attached hydrogens (tertiary/aromatic N) is 2. The normalized spacial score (nSPS) is 11.9. The highest BCUT2D eigenvalue weighted by Crippen LogP contribution is 2.32. The molecule has 0 bridgehead atoms. The average molecular weight is 658 g/mol. The van der Waals surface area contributed by atoms with E-state index in [2.05, 4.69) is 5.32 Å². The summed E-state index contributed by atoms with van der Waals surface area (Å²) in [7, 11) is -1.41. The van der Waals surface area contributed by atoms with Crippen molar-refractivity contribution in [3.8, 4) is 11.5 Å². The van der Waals surface area contributed by atoms with Crippen molar-refractivity contribution >= 4 is 27.5 Å². The maximum absolute atomic E-state index is 14.6. The molecule has 4 aromatic rings. The molecule has 0 unspecified atom stereocenters. The van der Waals surface area contributed by atoms with E-state index >= 15 is 0 Å². The fraction of sp³-hybridized carbons (Fsp3) is 0.297. The third-order valence-corrected chi connectivity index (χ3v) is 9.59. The van der Waals surface area contributed by atoms with Gasteiger partial charge in [0.1, 0.15) is 12.6 Å². The Balaban J connectivity index is 1.81. The lowest BCUT2D eigenvalue weighted by Gasteiger charge is -2.34. The van der Waals surface area contributed by atoms with E-state index in [9.17, 15) is 18.0 Å². The molecule has 0 fully saturated rings. The van der Waals surface area contributed by atoms with Crippen molar-refractivity contribution in [2.45, 2.75) is 44.7 Å². The largest absolute Gasteiger partial charge is 0.493 e. The number of carbonyl (C=O) groups is 2. The number of para-hydroxylation sites is 1. The van der Waals surface area contributed by atoms with Crippen molar-refractivity contribution in [2.75, 3.05) is 31.6 Å². The first-order chi connectivity index (χ1) is 22.5. The van der Waals surface area contributed by atoms with Crippen molar-refractivity contribution < 1.29 is 27.5 Å². The van der Waals surface area contributed by atoms with Gasteiger partial charge in [-0.05, 0) is 53.8 Å². The Hall–Kier alpha value is -4.83. The summed E-state index contributed by atoms with van der Waals surface area (Å²) in [5, 5.41) is 3.01. The Kier molecular flexibility index (Phi) is 12.0. The van der Waals surface area contributed by atoms with Gasteiger partial charge in [-0.1, -0.05) is 86.6 Å². The van der Waals surface area contributed by atoms with E-state index in [1.807, 2.05) is 75.4 Å². The van der Waals surface area contributed by atoms with Crippen molar-refractivity contribution in [3.05, 3.63) is 120 Å². The van der Waals surface area contributed by atoms with E-state index in [0.717, 1.165) is 21.0 Å². The van der Waals surface area contributed by atoms with Gasteiger partial charge in [0.25, 0.3) is 10.0 Å². The number of ether oxygens (including phenoxy) is 2. The van der Waals surface area contributed by atoms with Gasteiger partial charge < -0.3 is 19.7 Å². The first-order valence-electron chi connectivity index (χ1n) is 15.5. The predicted octanol–water partition coefficient (Wildman–Crippen LogP) is 5.62. The topological polar surface area (TPSA) is 105 Å². The molecule has 0 aliphatic heterocycles. The summed E-state index contributed by atoms with van der Waals surface area (Å²) < 4.78 is 40.4. The van der Waals surface area contributed by atoms with Crippen LogP contribution in [0.4, 0.5) is 5.69 Å². The van der Waals surface area contributed by atoms with Gasteiger partial charge in [0.05, 0.1) is 24.8 Å². The maximum atomic E-state index is 14.6. The molecule has 0 radical (unpaired) electrons. The van der Waals surface area contributed by atoms with Gasteiger partial charge in [-0.2, -0.15) is 0 Å². The molecule has 47 heavy (non-hydrogen) atoms. The van der Waals surface area contributed by atoms with Gasteiger partial charge in [-0.25, -0.2) is 8.42 Å². The number of amides is 2. The molecule has 0 saturated heterocycles. The maximum Gasteiger partial charge on any atom is 0.264 e. The molecule has 0 heterocycles. The van der Waals surface area contributed by atoms with Crippen LogP contribution in [0, 0.1) is 12.8 Å². The number of methoxy groups -OCH3 is 2. The summed E-state index contributed by atoms with van der Waals surface area (Å²) in [6, 6.07) is 29.0. The number of carbonyl (C=O) groups excluding carboxylic acids is 2. The van der Waals surface area contributed by atoms with Gasteiger partial charge in [0.15, 0.2) is 11.5 Å². The summed E-state index contributed by atoms with van der Waals surface area (Å²) in [5.41, 5.74) is 2.97. The van der Waals surface area contributed by atoms with E-state index in [1.165, 1.54) is 37.3 Å². The van der Waals surface area contributed by atoms with E-state index in [1.54, 1.807) is 30.3 Å². The molecule has 248 valence electrons. The predicted molar refractivity (Wildman–Crippen MR) is 184 cm³/mol. The van der Waals surface area contributed by atoms with Crippen LogP contribution in [0.5, 0.6) is 11.5 Å². The van der Waals surface area contributed by atoms with Gasteiger partial charge >= 0.3 is 0 Å². The lowest BCUT2D eigenvalue weighted by atomic mass is 10.0. The zero-order chi connectivity index (χ0) is 34.0. The number of aryl methyl sites for hydroxylation is 1. The average Bonchev–Trinajstić information content (AvgIpc) is 3.08. The van der Waals surface area contributed by atoms with Crippen LogP contribution >= 0.6 is 0 Å². The van der Waals surface area contributed by atoms with E-state index in [0.29, 0.717) is 18.0 Å². The third-order valence-electron chi connectivity index (χ3n) is 7.82. The van der Waals surface area contributed by atoms with Gasteiger partial charge in [0, 0.05) is 25.6 Å². The highest BCUT2D eigenvalue weighted by Gasteiger charge is 2.35. The van der Waals surface area contributed by atoms with Crippen LogP contribution in [0.25, 0.3) is 0 Å². The first-order valence-corrected chi connectivity index (χ1v) is 16.9. The smallest absolute Gasteiger partial charge is 0.264 e. The van der Waals surface area contributed by atoms with Crippen LogP contribution in [0.3, 0.4) is 0 Å². The molecule has 4 rings (SSSR count). The van der Waals surface area contributed by atoms with Crippen LogP contribution < -0.4 is 19.1 Å². The monoisotopic (exact) mass is 657 g/mol. The molecule has 9 nitrogen and oxygen atoms in total. The standard InChI is InChI=1S/C37H43N3O6S/c1-27(2)24-38-37(42)33(22-29-15-8-6-9-16-29)39(25-30-17-13-12-14-28(30)3)36(41)26-40(31-18-10-7-11-19-31)47(43,44)32-20-21-34(45-4)35(23-32)46-5/h6-21,23,27,33H,22,24-26H2,1-5H3,(H,38,42)/t33-/m1/s1. The number of hydrogen-bond donors (Lipinski definition) is 1. The second-order valence-corrected chi connectivity index (χ2v) is 13.5. The highest BCUT2D eigenvalue weighted by molar-refractivity contribution is 7.92. The summed E-state index contributed by atoms with van der Waals surface area (Å²) in [6.07, 6.45) is 0.246. The van der Waals surface area contributed by atoms with Crippen molar-refractivity contribution in [3.63, 3.8) is 0 Å². The number of hydrogen-bond acceptors (Lipinski definition) is 6. The minimum atomic E-state index is -4.30. The molecule has 0 aliphatic rings. The lowest BCUT2D eigenvalue weighted by Crippen LogP contribution is -2.53. The summed E-state index contributed by atoms with van der Waals surface area (Å²) in [4.78, 5) is 30.0. The van der Waals surface area contributed by atoms with Gasteiger partial charge in [-0.3, -0.25) is 13.9 Å². The summed E-state index contributed by atoms with van der Waals surface area (Å²) in [5.74, 6) is -0.0365. The van der Waals surface area contributed by atoms with Gasteiger partial charge in [0.2, 0.25) is 11.8 Å². The molecular formula is C37H43N3O6S. The molecule has 0 aliphatic carbocycles. The Morgan fingerprint density at radius 1 is 0.809 bits per heavy atom. The third kappa shape index (κ3) is 8.92. The molecule has 10 heteroatoms. The van der Waals surface area contributed by atoms with E-state index in [4.69, 9.17) is 9.47 Å². The Bertz CT molecular complexity index is 1750. The minimum absolute atomic E-state index is 0.0761. The van der Waals surface area contributed by atoms with Crippen molar-refractivity contribution in [2.24, 2.45) is 5.92 Å².